The topological polar surface area (TPSA) is 64.4 Å². The first-order valence-electron chi connectivity index (χ1n) is 4.55. The average molecular weight is 196 g/mol. The van der Waals surface area contributed by atoms with E-state index in [4.69, 9.17) is 4.42 Å². The van der Waals surface area contributed by atoms with Crippen LogP contribution in [-0.4, -0.2) is 31.2 Å². The highest BCUT2D eigenvalue weighted by atomic mass is 16.5. The van der Waals surface area contributed by atoms with Crippen molar-refractivity contribution in [3.8, 4) is 0 Å². The monoisotopic (exact) mass is 196 g/mol. The molecule has 0 spiro atoms. The van der Waals surface area contributed by atoms with Gasteiger partial charge in [0.05, 0.1) is 7.11 Å². The van der Waals surface area contributed by atoms with Crippen molar-refractivity contribution >= 4 is 5.97 Å². The van der Waals surface area contributed by atoms with Crippen molar-refractivity contribution in [2.75, 3.05) is 20.2 Å². The number of oxazole rings is 1. The Kier molecular flexibility index (Phi) is 2.49. The summed E-state index contributed by atoms with van der Waals surface area (Å²) in [6.07, 6.45) is 2.35. The maximum Gasteiger partial charge on any atom is 0.360 e. The van der Waals surface area contributed by atoms with Crippen LogP contribution in [0, 0.1) is 0 Å². The van der Waals surface area contributed by atoms with E-state index in [0.29, 0.717) is 5.89 Å². The molecule has 0 aliphatic carbocycles. The average Bonchev–Trinajstić information content (AvgIpc) is 2.86. The number of rotatable bonds is 2. The minimum absolute atomic E-state index is 0.245. The Labute approximate surface area is 81.5 Å². The number of methoxy groups -OCH3 is 1. The predicted octanol–water partition coefficient (Wildman–Crippen LogP) is 0.538. The molecule has 2 heterocycles. The number of nitrogens with zero attached hydrogens (tertiary/aromatic N) is 1. The molecular formula is C9H12N2O3. The highest BCUT2D eigenvalue weighted by molar-refractivity contribution is 5.86. The molecule has 5 heteroatoms. The molecule has 1 unspecified atom stereocenters. The van der Waals surface area contributed by atoms with E-state index in [1.807, 2.05) is 0 Å². The van der Waals surface area contributed by atoms with Crippen LogP contribution in [0.4, 0.5) is 0 Å². The summed E-state index contributed by atoms with van der Waals surface area (Å²) >= 11 is 0. The van der Waals surface area contributed by atoms with Crippen LogP contribution >= 0.6 is 0 Å². The minimum Gasteiger partial charge on any atom is -0.464 e. The third kappa shape index (κ3) is 1.63. The van der Waals surface area contributed by atoms with E-state index >= 15 is 0 Å². The van der Waals surface area contributed by atoms with Crippen LogP contribution in [0.15, 0.2) is 10.7 Å². The standard InChI is InChI=1S/C9H12N2O3/c1-13-9(12)7-5-14-8(11-7)6-2-3-10-4-6/h5-6,10H,2-4H2,1H3. The summed E-state index contributed by atoms with van der Waals surface area (Å²) in [6.45, 7) is 1.84. The van der Waals surface area contributed by atoms with Gasteiger partial charge in [0, 0.05) is 12.5 Å². The number of carbonyl (C=O) groups is 1. The van der Waals surface area contributed by atoms with Crippen LogP contribution < -0.4 is 5.32 Å². The lowest BCUT2D eigenvalue weighted by atomic mass is 10.1. The fourth-order valence-corrected chi connectivity index (χ4v) is 1.54. The zero-order chi connectivity index (χ0) is 9.97. The van der Waals surface area contributed by atoms with Crippen LogP contribution in [0.3, 0.4) is 0 Å². The Morgan fingerprint density at radius 3 is 3.29 bits per heavy atom. The van der Waals surface area contributed by atoms with E-state index in [-0.39, 0.29) is 11.6 Å². The highest BCUT2D eigenvalue weighted by Gasteiger charge is 2.23. The van der Waals surface area contributed by atoms with Crippen molar-refractivity contribution in [3.63, 3.8) is 0 Å². The van der Waals surface area contributed by atoms with Crippen LogP contribution in [0.2, 0.25) is 0 Å². The van der Waals surface area contributed by atoms with Crippen molar-refractivity contribution in [1.29, 1.82) is 0 Å². The van der Waals surface area contributed by atoms with E-state index in [1.165, 1.54) is 13.4 Å². The second-order valence-electron chi connectivity index (χ2n) is 3.25. The fraction of sp³-hybridized carbons (Fsp3) is 0.556. The van der Waals surface area contributed by atoms with Gasteiger partial charge < -0.3 is 14.5 Å². The second kappa shape index (κ2) is 3.79. The maximum atomic E-state index is 11.1. The Morgan fingerprint density at radius 2 is 2.64 bits per heavy atom. The Bertz CT molecular complexity index is 329. The van der Waals surface area contributed by atoms with E-state index in [1.54, 1.807) is 0 Å². The van der Waals surface area contributed by atoms with E-state index in [9.17, 15) is 4.79 Å². The number of aromatic nitrogens is 1. The van der Waals surface area contributed by atoms with Crippen molar-refractivity contribution < 1.29 is 13.9 Å². The van der Waals surface area contributed by atoms with Crippen molar-refractivity contribution in [1.82, 2.24) is 10.3 Å². The van der Waals surface area contributed by atoms with Crippen LogP contribution in [-0.2, 0) is 4.74 Å². The molecule has 76 valence electrons. The van der Waals surface area contributed by atoms with Gasteiger partial charge in [0.2, 0.25) is 0 Å². The van der Waals surface area contributed by atoms with Gasteiger partial charge in [-0.25, -0.2) is 9.78 Å². The molecule has 1 aromatic heterocycles. The van der Waals surface area contributed by atoms with E-state index < -0.39 is 5.97 Å². The van der Waals surface area contributed by atoms with Crippen LogP contribution in [0.25, 0.3) is 0 Å². The molecule has 1 fully saturated rings. The van der Waals surface area contributed by atoms with Gasteiger partial charge in [-0.2, -0.15) is 0 Å². The molecule has 1 atom stereocenters. The van der Waals surface area contributed by atoms with Crippen LogP contribution in [0.1, 0.15) is 28.7 Å². The third-order valence-electron chi connectivity index (χ3n) is 2.33. The Morgan fingerprint density at radius 1 is 1.79 bits per heavy atom. The molecule has 1 aliphatic heterocycles. The number of ether oxygens (including phenoxy) is 1. The first-order chi connectivity index (χ1) is 6.81. The van der Waals surface area contributed by atoms with E-state index in [0.717, 1.165) is 19.5 Å². The number of hydrogen-bond donors (Lipinski definition) is 1. The van der Waals surface area contributed by atoms with Crippen molar-refractivity contribution in [2.24, 2.45) is 0 Å². The van der Waals surface area contributed by atoms with Gasteiger partial charge in [-0.15, -0.1) is 0 Å². The molecule has 0 saturated carbocycles. The lowest BCUT2D eigenvalue weighted by molar-refractivity contribution is 0.0594. The zero-order valence-electron chi connectivity index (χ0n) is 7.95. The SMILES string of the molecule is COC(=O)c1coc(C2CCNC2)n1. The predicted molar refractivity (Wildman–Crippen MR) is 48.1 cm³/mol. The molecule has 0 amide bonds. The number of esters is 1. The number of nitrogens with one attached hydrogen (secondary N) is 1. The maximum absolute atomic E-state index is 11.1. The molecule has 14 heavy (non-hydrogen) atoms. The molecule has 1 aliphatic rings. The molecule has 0 bridgehead atoms. The molecular weight excluding hydrogens is 184 g/mol. The summed E-state index contributed by atoms with van der Waals surface area (Å²) < 4.78 is 9.75. The molecule has 0 radical (unpaired) electrons. The minimum atomic E-state index is -0.453. The van der Waals surface area contributed by atoms with Gasteiger partial charge in [0.15, 0.2) is 11.6 Å². The zero-order valence-corrected chi connectivity index (χ0v) is 7.95. The Balaban J connectivity index is 2.12. The summed E-state index contributed by atoms with van der Waals surface area (Å²) in [7, 11) is 1.33. The highest BCUT2D eigenvalue weighted by Crippen LogP contribution is 2.21. The number of carbonyl (C=O) groups excluding carboxylic acids is 1. The second-order valence-corrected chi connectivity index (χ2v) is 3.25. The Hall–Kier alpha value is -1.36. The van der Waals surface area contributed by atoms with Crippen LogP contribution in [0.5, 0.6) is 0 Å². The van der Waals surface area contributed by atoms with Gasteiger partial charge in [0.25, 0.3) is 0 Å². The lowest BCUT2D eigenvalue weighted by Gasteiger charge is -1.99. The van der Waals surface area contributed by atoms with Gasteiger partial charge in [-0.1, -0.05) is 0 Å². The van der Waals surface area contributed by atoms with Crippen molar-refractivity contribution in [2.45, 2.75) is 12.3 Å². The first-order valence-corrected chi connectivity index (χ1v) is 4.55. The molecule has 1 N–H and O–H groups in total. The molecule has 5 nitrogen and oxygen atoms in total. The van der Waals surface area contributed by atoms with Crippen molar-refractivity contribution in [3.05, 3.63) is 17.8 Å². The summed E-state index contributed by atoms with van der Waals surface area (Å²) in [5.74, 6) is 0.453. The summed E-state index contributed by atoms with van der Waals surface area (Å²) in [5.41, 5.74) is 0.245. The summed E-state index contributed by atoms with van der Waals surface area (Å²) in [6, 6.07) is 0. The summed E-state index contributed by atoms with van der Waals surface area (Å²) in [4.78, 5) is 15.2. The van der Waals surface area contributed by atoms with Gasteiger partial charge in [-0.05, 0) is 13.0 Å². The van der Waals surface area contributed by atoms with Gasteiger partial charge in [0.1, 0.15) is 6.26 Å². The third-order valence-corrected chi connectivity index (χ3v) is 2.33. The smallest absolute Gasteiger partial charge is 0.360 e. The molecule has 1 saturated heterocycles. The summed E-state index contributed by atoms with van der Waals surface area (Å²) in [5, 5.41) is 3.21. The van der Waals surface area contributed by atoms with E-state index in [2.05, 4.69) is 15.0 Å². The lowest BCUT2D eigenvalue weighted by Crippen LogP contribution is -2.08. The van der Waals surface area contributed by atoms with Gasteiger partial charge >= 0.3 is 5.97 Å². The molecule has 0 aromatic carbocycles. The molecule has 1 aromatic rings. The quantitative estimate of drug-likeness (QED) is 0.699. The number of hydrogen-bond acceptors (Lipinski definition) is 5. The van der Waals surface area contributed by atoms with Gasteiger partial charge in [-0.3, -0.25) is 0 Å². The fourth-order valence-electron chi connectivity index (χ4n) is 1.54. The largest absolute Gasteiger partial charge is 0.464 e. The molecule has 2 rings (SSSR count). The normalized spacial score (nSPS) is 21.1. The first kappa shape index (κ1) is 9.21.